The molecule has 0 amide bonds. The number of hydrogen-bond donors (Lipinski definition) is 1. The summed E-state index contributed by atoms with van der Waals surface area (Å²) < 4.78 is 10.4. The Morgan fingerprint density at radius 1 is 1.03 bits per heavy atom. The molecule has 0 radical (unpaired) electrons. The quantitative estimate of drug-likeness (QED) is 0.258. The first-order chi connectivity index (χ1) is 14.5. The highest BCUT2D eigenvalue weighted by molar-refractivity contribution is 5.89. The van der Waals surface area contributed by atoms with Crippen molar-refractivity contribution in [2.75, 3.05) is 12.5 Å². The minimum absolute atomic E-state index is 0.0273. The summed E-state index contributed by atoms with van der Waals surface area (Å²) in [6, 6.07) is 20.4. The van der Waals surface area contributed by atoms with Crippen molar-refractivity contribution in [2.24, 2.45) is 5.10 Å². The van der Waals surface area contributed by atoms with Gasteiger partial charge in [0, 0.05) is 12.1 Å². The van der Waals surface area contributed by atoms with E-state index in [1.165, 1.54) is 19.2 Å². The van der Waals surface area contributed by atoms with Crippen LogP contribution in [0.1, 0.15) is 21.5 Å². The van der Waals surface area contributed by atoms with Crippen LogP contribution in [0.4, 0.5) is 11.4 Å². The summed E-state index contributed by atoms with van der Waals surface area (Å²) in [5, 5.41) is 14.8. The van der Waals surface area contributed by atoms with Crippen molar-refractivity contribution in [1.29, 1.82) is 0 Å². The van der Waals surface area contributed by atoms with Crippen molar-refractivity contribution in [3.63, 3.8) is 0 Å². The zero-order valence-corrected chi connectivity index (χ0v) is 16.1. The molecule has 30 heavy (non-hydrogen) atoms. The van der Waals surface area contributed by atoms with E-state index < -0.39 is 4.92 Å². The summed E-state index contributed by atoms with van der Waals surface area (Å²) in [5.74, 6) is 0.329. The third-order valence-corrected chi connectivity index (χ3v) is 4.15. The Morgan fingerprint density at radius 2 is 1.70 bits per heavy atom. The molecule has 0 aliphatic carbocycles. The van der Waals surface area contributed by atoms with E-state index in [0.29, 0.717) is 23.6 Å². The number of nitro groups is 1. The third-order valence-electron chi connectivity index (χ3n) is 4.15. The van der Waals surface area contributed by atoms with E-state index in [1.807, 2.05) is 36.4 Å². The molecule has 0 aliphatic rings. The number of methoxy groups -OCH3 is 1. The molecule has 8 nitrogen and oxygen atoms in total. The molecule has 0 spiro atoms. The van der Waals surface area contributed by atoms with Gasteiger partial charge in [-0.1, -0.05) is 12.1 Å². The van der Waals surface area contributed by atoms with Gasteiger partial charge in [0.25, 0.3) is 5.69 Å². The number of anilines is 1. The summed E-state index contributed by atoms with van der Waals surface area (Å²) in [4.78, 5) is 21.6. The van der Waals surface area contributed by atoms with Gasteiger partial charge in [-0.25, -0.2) is 4.79 Å². The van der Waals surface area contributed by atoms with Gasteiger partial charge < -0.3 is 9.47 Å². The molecule has 0 unspecified atom stereocenters. The second-order valence-electron chi connectivity index (χ2n) is 6.22. The van der Waals surface area contributed by atoms with Crippen LogP contribution in [0.5, 0.6) is 5.75 Å². The molecule has 0 saturated carbocycles. The van der Waals surface area contributed by atoms with Crippen LogP contribution in [0.15, 0.2) is 77.9 Å². The lowest BCUT2D eigenvalue weighted by molar-refractivity contribution is -0.384. The molecule has 0 heterocycles. The molecule has 0 fully saturated rings. The Morgan fingerprint density at radius 3 is 2.30 bits per heavy atom. The van der Waals surface area contributed by atoms with Crippen molar-refractivity contribution in [3.8, 4) is 5.75 Å². The maximum Gasteiger partial charge on any atom is 0.337 e. The van der Waals surface area contributed by atoms with E-state index in [-0.39, 0.29) is 11.7 Å². The lowest BCUT2D eigenvalue weighted by atomic mass is 10.1. The summed E-state index contributed by atoms with van der Waals surface area (Å²) >= 11 is 0. The summed E-state index contributed by atoms with van der Waals surface area (Å²) in [7, 11) is 1.35. The number of ether oxygens (including phenoxy) is 2. The van der Waals surface area contributed by atoms with Gasteiger partial charge in [0.1, 0.15) is 12.4 Å². The molecule has 3 aromatic rings. The third kappa shape index (κ3) is 5.65. The molecular formula is C22H19N3O5. The monoisotopic (exact) mass is 405 g/mol. The smallest absolute Gasteiger partial charge is 0.337 e. The number of hydrazone groups is 1. The zero-order valence-electron chi connectivity index (χ0n) is 16.1. The highest BCUT2D eigenvalue weighted by atomic mass is 16.6. The molecule has 0 aromatic heterocycles. The number of benzene rings is 3. The van der Waals surface area contributed by atoms with E-state index in [2.05, 4.69) is 15.3 Å². The molecular weight excluding hydrogens is 386 g/mol. The van der Waals surface area contributed by atoms with Gasteiger partial charge in [0.05, 0.1) is 29.5 Å². The number of non-ortho nitro benzene ring substituents is 1. The predicted octanol–water partition coefficient (Wildman–Crippen LogP) is 4.41. The molecule has 0 saturated heterocycles. The van der Waals surface area contributed by atoms with Gasteiger partial charge >= 0.3 is 5.97 Å². The highest BCUT2D eigenvalue weighted by Gasteiger charge is 2.05. The van der Waals surface area contributed by atoms with E-state index in [0.717, 1.165) is 11.1 Å². The standard InChI is InChI=1S/C22H19N3O5/c1-29-22(26)18-6-2-17(3-7-18)15-30-21-12-4-16(5-13-21)14-23-24-19-8-10-20(11-9-19)25(27)28/h2-14,24H,15H2,1H3/b23-14-. The Labute approximate surface area is 172 Å². The SMILES string of the molecule is COC(=O)c1ccc(COc2ccc(/C=N\Nc3ccc([N+](=O)[O-])cc3)cc2)cc1. The fourth-order valence-electron chi connectivity index (χ4n) is 2.51. The first kappa shape index (κ1) is 20.5. The number of esters is 1. The zero-order chi connectivity index (χ0) is 21.3. The number of nitro benzene ring substituents is 1. The molecule has 0 atom stereocenters. The Kier molecular flexibility index (Phi) is 6.73. The van der Waals surface area contributed by atoms with Crippen LogP contribution in [-0.4, -0.2) is 24.2 Å². The van der Waals surface area contributed by atoms with Crippen molar-refractivity contribution in [1.82, 2.24) is 0 Å². The minimum atomic E-state index is -0.450. The van der Waals surface area contributed by atoms with Crippen LogP contribution in [-0.2, 0) is 11.3 Å². The Balaban J connectivity index is 1.50. The van der Waals surface area contributed by atoms with Crippen molar-refractivity contribution in [2.45, 2.75) is 6.61 Å². The summed E-state index contributed by atoms with van der Waals surface area (Å²) in [5.41, 5.74) is 5.78. The molecule has 0 aliphatic heterocycles. The van der Waals surface area contributed by atoms with Gasteiger partial charge in [-0.05, 0) is 59.7 Å². The van der Waals surface area contributed by atoms with E-state index in [9.17, 15) is 14.9 Å². The highest BCUT2D eigenvalue weighted by Crippen LogP contribution is 2.16. The average Bonchev–Trinajstić information content (AvgIpc) is 2.78. The van der Waals surface area contributed by atoms with Gasteiger partial charge in [0.15, 0.2) is 0 Å². The van der Waals surface area contributed by atoms with E-state index >= 15 is 0 Å². The molecule has 0 bridgehead atoms. The van der Waals surface area contributed by atoms with Gasteiger partial charge in [-0.3, -0.25) is 15.5 Å². The Hall–Kier alpha value is -4.20. The number of hydrogen-bond acceptors (Lipinski definition) is 7. The Bertz CT molecular complexity index is 1030. The first-order valence-electron chi connectivity index (χ1n) is 8.99. The van der Waals surface area contributed by atoms with Crippen LogP contribution in [0.3, 0.4) is 0 Å². The van der Waals surface area contributed by atoms with Crippen LogP contribution < -0.4 is 10.2 Å². The summed E-state index contributed by atoms with van der Waals surface area (Å²) in [6.45, 7) is 0.372. The lowest BCUT2D eigenvalue weighted by Gasteiger charge is -2.07. The number of nitrogens with zero attached hydrogens (tertiary/aromatic N) is 2. The fraction of sp³-hybridized carbons (Fsp3) is 0.0909. The fourth-order valence-corrected chi connectivity index (χ4v) is 2.51. The average molecular weight is 405 g/mol. The van der Waals surface area contributed by atoms with Gasteiger partial charge in [-0.15, -0.1) is 0 Å². The van der Waals surface area contributed by atoms with Crippen molar-refractivity contribution >= 4 is 23.6 Å². The normalized spacial score (nSPS) is 10.6. The first-order valence-corrected chi connectivity index (χ1v) is 8.99. The number of nitrogens with one attached hydrogen (secondary N) is 1. The van der Waals surface area contributed by atoms with E-state index in [1.54, 1.807) is 30.5 Å². The minimum Gasteiger partial charge on any atom is -0.489 e. The van der Waals surface area contributed by atoms with Gasteiger partial charge in [-0.2, -0.15) is 5.10 Å². The summed E-state index contributed by atoms with van der Waals surface area (Å²) in [6.07, 6.45) is 1.64. The second kappa shape index (κ2) is 9.83. The molecule has 152 valence electrons. The van der Waals surface area contributed by atoms with Crippen molar-refractivity contribution in [3.05, 3.63) is 99.6 Å². The predicted molar refractivity (Wildman–Crippen MR) is 113 cm³/mol. The molecule has 3 aromatic carbocycles. The van der Waals surface area contributed by atoms with Crippen LogP contribution >= 0.6 is 0 Å². The topological polar surface area (TPSA) is 103 Å². The van der Waals surface area contributed by atoms with Crippen LogP contribution in [0.25, 0.3) is 0 Å². The maximum absolute atomic E-state index is 11.4. The van der Waals surface area contributed by atoms with E-state index in [4.69, 9.17) is 4.74 Å². The van der Waals surface area contributed by atoms with Crippen LogP contribution in [0, 0.1) is 10.1 Å². The number of carbonyl (C=O) groups excluding carboxylic acids is 1. The maximum atomic E-state index is 11.4. The lowest BCUT2D eigenvalue weighted by Crippen LogP contribution is -2.02. The van der Waals surface area contributed by atoms with Crippen molar-refractivity contribution < 1.29 is 19.2 Å². The second-order valence-corrected chi connectivity index (χ2v) is 6.22. The molecule has 1 N–H and O–H groups in total. The van der Waals surface area contributed by atoms with Crippen LogP contribution in [0.2, 0.25) is 0 Å². The van der Waals surface area contributed by atoms with Gasteiger partial charge in [0.2, 0.25) is 0 Å². The molecule has 3 rings (SSSR count). The largest absolute Gasteiger partial charge is 0.489 e. The number of rotatable bonds is 8. The molecule has 8 heteroatoms. The number of carbonyl (C=O) groups is 1.